The third-order valence-corrected chi connectivity index (χ3v) is 4.91. The fraction of sp³-hybridized carbons (Fsp3) is 1.00. The number of hydrogen-bond acceptors (Lipinski definition) is 8. The Morgan fingerprint density at radius 1 is 1.12 bits per heavy atom. The molecule has 0 unspecified atom stereocenters. The highest BCUT2D eigenvalue weighted by Crippen LogP contribution is 2.40. The Morgan fingerprint density at radius 2 is 1.80 bits per heavy atom. The average molecular weight is 403 g/mol. The number of halogens is 2. The van der Waals surface area contributed by atoms with Gasteiger partial charge in [-0.2, -0.15) is 0 Å². The van der Waals surface area contributed by atoms with Crippen LogP contribution < -0.4 is 0 Å². The van der Waals surface area contributed by atoms with E-state index in [-0.39, 0.29) is 18.8 Å². The molecule has 0 aromatic rings. The molecule has 0 amide bonds. The lowest BCUT2D eigenvalue weighted by Gasteiger charge is -2.33. The van der Waals surface area contributed by atoms with E-state index in [1.807, 2.05) is 13.8 Å². The number of alkyl halides is 2. The van der Waals surface area contributed by atoms with E-state index < -0.39 is 35.1 Å². The van der Waals surface area contributed by atoms with Crippen LogP contribution in [0.1, 0.15) is 13.8 Å². The van der Waals surface area contributed by atoms with E-state index in [1.54, 1.807) is 14.2 Å². The van der Waals surface area contributed by atoms with Gasteiger partial charge in [0.05, 0.1) is 19.8 Å². The molecule has 8 nitrogen and oxygen atoms in total. The number of methoxy groups -OCH3 is 2. The molecule has 0 aromatic heterocycles. The van der Waals surface area contributed by atoms with E-state index in [1.165, 1.54) is 0 Å². The van der Waals surface area contributed by atoms with Crippen LogP contribution in [0.15, 0.2) is 0 Å². The predicted molar refractivity (Wildman–Crippen MR) is 86.4 cm³/mol. The molecule has 3 fully saturated rings. The quantitative estimate of drug-likeness (QED) is 0.591. The van der Waals surface area contributed by atoms with Crippen molar-refractivity contribution in [2.45, 2.75) is 61.1 Å². The highest BCUT2D eigenvalue weighted by Gasteiger charge is 2.57. The second-order valence-corrected chi connectivity index (χ2v) is 7.55. The number of rotatable bonds is 7. The first-order valence-corrected chi connectivity index (χ1v) is 8.96. The highest BCUT2D eigenvalue weighted by molar-refractivity contribution is 6.44. The van der Waals surface area contributed by atoms with Gasteiger partial charge in [-0.1, -0.05) is 23.2 Å². The number of hydrogen-bond donors (Lipinski definition) is 0. The fourth-order valence-electron chi connectivity index (χ4n) is 3.25. The molecule has 3 aliphatic heterocycles. The van der Waals surface area contributed by atoms with Crippen LogP contribution in [0, 0.1) is 0 Å². The molecule has 3 heterocycles. The summed E-state index contributed by atoms with van der Waals surface area (Å²) >= 11 is 11.9. The first kappa shape index (κ1) is 20.0. The summed E-state index contributed by atoms with van der Waals surface area (Å²) in [5.74, 6) is -2.23. The van der Waals surface area contributed by atoms with Crippen molar-refractivity contribution in [1.29, 1.82) is 0 Å². The second-order valence-electron chi connectivity index (χ2n) is 6.46. The largest absolute Gasteiger partial charge is 0.376 e. The Kier molecular flexibility index (Phi) is 6.17. The van der Waals surface area contributed by atoms with Crippen LogP contribution in [0.2, 0.25) is 0 Å². The Hall–Kier alpha value is 0.260. The first-order chi connectivity index (χ1) is 11.8. The van der Waals surface area contributed by atoms with Crippen LogP contribution in [0.5, 0.6) is 0 Å². The lowest BCUT2D eigenvalue weighted by Crippen LogP contribution is -2.48. The Labute approximate surface area is 156 Å². The Bertz CT molecular complexity index is 457. The van der Waals surface area contributed by atoms with Crippen molar-refractivity contribution in [2.24, 2.45) is 0 Å². The molecule has 5 atom stereocenters. The molecular formula is C15H24Cl2O8. The SMILES string of the molecule is CO[C@@H]1[C@H]2OC(C)(C)O[C@H]2O[C@@H]1[C@@H](COC1(C(Cl)Cl)OCCO1)OC. The summed E-state index contributed by atoms with van der Waals surface area (Å²) < 4.78 is 45.3. The minimum Gasteiger partial charge on any atom is -0.376 e. The zero-order valence-electron chi connectivity index (χ0n) is 14.6. The number of fused-ring (bicyclic) bond motifs is 1. The molecule has 3 rings (SSSR count). The maximum absolute atomic E-state index is 5.96. The van der Waals surface area contributed by atoms with E-state index in [4.69, 9.17) is 61.1 Å². The van der Waals surface area contributed by atoms with Gasteiger partial charge in [-0.3, -0.25) is 0 Å². The zero-order valence-corrected chi connectivity index (χ0v) is 16.1. The lowest BCUT2D eigenvalue weighted by atomic mass is 10.1. The van der Waals surface area contributed by atoms with Crippen LogP contribution >= 0.6 is 23.2 Å². The molecule has 0 saturated carbocycles. The first-order valence-electron chi connectivity index (χ1n) is 8.08. The number of ether oxygens (including phenoxy) is 8. The van der Waals surface area contributed by atoms with Crippen LogP contribution in [-0.2, 0) is 37.9 Å². The summed E-state index contributed by atoms with van der Waals surface area (Å²) in [6.07, 6.45) is -2.25. The van der Waals surface area contributed by atoms with Gasteiger partial charge in [0.25, 0.3) is 0 Å². The molecule has 3 aliphatic rings. The van der Waals surface area contributed by atoms with Gasteiger partial charge in [0.2, 0.25) is 0 Å². The van der Waals surface area contributed by atoms with Gasteiger partial charge in [0.1, 0.15) is 24.4 Å². The van der Waals surface area contributed by atoms with Gasteiger partial charge in [-0.25, -0.2) is 0 Å². The molecular weight excluding hydrogens is 379 g/mol. The smallest absolute Gasteiger partial charge is 0.315 e. The average Bonchev–Trinajstić information content (AvgIpc) is 3.21. The van der Waals surface area contributed by atoms with Crippen LogP contribution in [0.4, 0.5) is 0 Å². The molecule has 146 valence electrons. The molecule has 0 aromatic carbocycles. The van der Waals surface area contributed by atoms with Crippen molar-refractivity contribution in [3.63, 3.8) is 0 Å². The standard InChI is InChI=1S/C15H24Cl2O8/c1-14(2)24-11-10(19-4)9(23-12(11)25-14)8(18-3)7-22-15(13(16)17)20-5-6-21-15/h8-13H,5-7H2,1-4H3/t8-,9-,10+,11-,12-/m1/s1. The van der Waals surface area contributed by atoms with E-state index in [2.05, 4.69) is 0 Å². The highest BCUT2D eigenvalue weighted by atomic mass is 35.5. The summed E-state index contributed by atoms with van der Waals surface area (Å²) in [4.78, 5) is -1.01. The molecule has 0 aliphatic carbocycles. The van der Waals surface area contributed by atoms with Crippen molar-refractivity contribution in [1.82, 2.24) is 0 Å². The Morgan fingerprint density at radius 3 is 2.36 bits per heavy atom. The molecule has 10 heteroatoms. The van der Waals surface area contributed by atoms with Gasteiger partial charge in [0.15, 0.2) is 16.9 Å². The third kappa shape index (κ3) is 3.94. The minimum atomic E-state index is -1.51. The van der Waals surface area contributed by atoms with Gasteiger partial charge < -0.3 is 37.9 Å². The van der Waals surface area contributed by atoms with Gasteiger partial charge in [-0.05, 0) is 13.8 Å². The van der Waals surface area contributed by atoms with E-state index in [0.717, 1.165) is 0 Å². The maximum Gasteiger partial charge on any atom is 0.315 e. The van der Waals surface area contributed by atoms with Crippen LogP contribution in [0.3, 0.4) is 0 Å². The van der Waals surface area contributed by atoms with Crippen LogP contribution in [-0.4, -0.2) is 81.3 Å². The lowest BCUT2D eigenvalue weighted by molar-refractivity contribution is -0.333. The van der Waals surface area contributed by atoms with Crippen molar-refractivity contribution in [2.75, 3.05) is 34.0 Å². The van der Waals surface area contributed by atoms with Crippen molar-refractivity contribution in [3.05, 3.63) is 0 Å². The van der Waals surface area contributed by atoms with Crippen molar-refractivity contribution < 1.29 is 37.9 Å². The monoisotopic (exact) mass is 402 g/mol. The second kappa shape index (κ2) is 7.71. The zero-order chi connectivity index (χ0) is 18.2. The fourth-order valence-corrected chi connectivity index (χ4v) is 3.63. The molecule has 3 saturated heterocycles. The van der Waals surface area contributed by atoms with Crippen molar-refractivity contribution >= 4 is 23.2 Å². The topological polar surface area (TPSA) is 73.8 Å². The van der Waals surface area contributed by atoms with Gasteiger partial charge in [-0.15, -0.1) is 0 Å². The maximum atomic E-state index is 5.96. The van der Waals surface area contributed by atoms with Gasteiger partial charge >= 0.3 is 5.97 Å². The molecule has 0 radical (unpaired) electrons. The molecule has 25 heavy (non-hydrogen) atoms. The summed E-state index contributed by atoms with van der Waals surface area (Å²) in [5.41, 5.74) is 0. The van der Waals surface area contributed by atoms with Crippen molar-refractivity contribution in [3.8, 4) is 0 Å². The van der Waals surface area contributed by atoms with E-state index >= 15 is 0 Å². The normalized spacial score (nSPS) is 37.6. The summed E-state index contributed by atoms with van der Waals surface area (Å²) in [6.45, 7) is 4.41. The molecule has 0 spiro atoms. The van der Waals surface area contributed by atoms with E-state index in [9.17, 15) is 0 Å². The summed E-state index contributed by atoms with van der Waals surface area (Å²) in [5, 5.41) is 0. The molecule has 0 N–H and O–H groups in total. The predicted octanol–water partition coefficient (Wildman–Crippen LogP) is 1.41. The third-order valence-electron chi connectivity index (χ3n) is 4.37. The minimum absolute atomic E-state index is 0.0692. The van der Waals surface area contributed by atoms with Gasteiger partial charge in [0, 0.05) is 14.2 Å². The summed E-state index contributed by atoms with van der Waals surface area (Å²) in [7, 11) is 3.13. The van der Waals surface area contributed by atoms with E-state index in [0.29, 0.717) is 13.2 Å². The Balaban J connectivity index is 1.65. The molecule has 0 bridgehead atoms. The summed E-state index contributed by atoms with van der Waals surface area (Å²) in [6, 6.07) is 0. The van der Waals surface area contributed by atoms with Crippen LogP contribution in [0.25, 0.3) is 0 Å².